The average Bonchev–Trinajstić information content (AvgIpc) is 3.44. The van der Waals surface area contributed by atoms with E-state index in [1.165, 1.54) is 18.9 Å². The number of hydrogen-bond donors (Lipinski definition) is 19. The SMILES string of the molecule is CNC(=O)CCNC(=O)CN(CC(=O)NCCCC(=O)NCCO[C@@H]1O[C@@H](C)[C@@H](O)[C@@H](O)[C@@H]1O)CC(=O)NCCCC(=O)NCCO[C@H]1O[C@H](CO[C@H]2O[C@H](CO)[C@@H](O)[C@H](O)[C@@H]2O)[C@@H](O)[C@H](O[C@H]2O[C@H](CO)[C@@H](O)[C@H](O)[C@@H]2O)[C@@H]1O. The summed E-state index contributed by atoms with van der Waals surface area (Å²) in [6.45, 7) is -2.69. The molecule has 34 heteroatoms. The normalized spacial score (nSPS) is 34.5. The number of aliphatic hydroxyl groups is 13. The minimum atomic E-state index is -1.96. The lowest BCUT2D eigenvalue weighted by Gasteiger charge is -2.46. The molecular weight excluding hydrogens is 1080 g/mol. The summed E-state index contributed by atoms with van der Waals surface area (Å²) >= 11 is 0. The molecule has 4 heterocycles. The minimum absolute atomic E-state index is 0.00437. The van der Waals surface area contributed by atoms with E-state index in [0.29, 0.717) is 0 Å². The largest absolute Gasteiger partial charge is 0.394 e. The Hall–Kier alpha value is -4.06. The molecule has 4 aliphatic rings. The summed E-state index contributed by atoms with van der Waals surface area (Å²) < 4.78 is 44.0. The highest BCUT2D eigenvalue weighted by atomic mass is 16.8. The number of carbonyl (C=O) groups is 6. The molecule has 4 rings (SSSR count). The predicted octanol–water partition coefficient (Wildman–Crippen LogP) is -12.1. The predicted molar refractivity (Wildman–Crippen MR) is 262 cm³/mol. The number of amides is 6. The maximum absolute atomic E-state index is 13.0. The van der Waals surface area contributed by atoms with Crippen molar-refractivity contribution in [3.8, 4) is 0 Å². The molecule has 462 valence electrons. The van der Waals surface area contributed by atoms with Crippen LogP contribution < -0.4 is 31.9 Å². The van der Waals surface area contributed by atoms with Gasteiger partial charge < -0.3 is 136 Å². The molecule has 0 unspecified atom stereocenters. The van der Waals surface area contributed by atoms with Crippen LogP contribution in [0.2, 0.25) is 0 Å². The molecule has 19 N–H and O–H groups in total. The average molecular weight is 1160 g/mol. The third-order valence-corrected chi connectivity index (χ3v) is 13.1. The van der Waals surface area contributed by atoms with E-state index < -0.39 is 186 Å². The van der Waals surface area contributed by atoms with E-state index in [4.69, 9.17) is 37.9 Å². The third kappa shape index (κ3) is 21.0. The van der Waals surface area contributed by atoms with Crippen LogP contribution in [0.5, 0.6) is 0 Å². The number of nitrogens with zero attached hydrogens (tertiary/aromatic N) is 1. The number of carbonyl (C=O) groups excluding carboxylic acids is 6. The van der Waals surface area contributed by atoms with Crippen LogP contribution in [0.25, 0.3) is 0 Å². The summed E-state index contributed by atoms with van der Waals surface area (Å²) in [6, 6.07) is 0. The van der Waals surface area contributed by atoms with Gasteiger partial charge in [-0.15, -0.1) is 0 Å². The van der Waals surface area contributed by atoms with E-state index in [-0.39, 0.29) is 89.9 Å². The Morgan fingerprint density at radius 2 is 0.838 bits per heavy atom. The fourth-order valence-electron chi connectivity index (χ4n) is 8.47. The van der Waals surface area contributed by atoms with Crippen molar-refractivity contribution < 1.29 is 133 Å². The van der Waals surface area contributed by atoms with Crippen molar-refractivity contribution >= 4 is 35.4 Å². The van der Waals surface area contributed by atoms with Gasteiger partial charge in [0.2, 0.25) is 35.4 Å². The van der Waals surface area contributed by atoms with Gasteiger partial charge in [0.1, 0.15) is 91.6 Å². The number of rotatable bonds is 32. The molecule has 0 aromatic heterocycles. The number of ether oxygens (including phenoxy) is 8. The van der Waals surface area contributed by atoms with Gasteiger partial charge in [-0.25, -0.2) is 0 Å². The van der Waals surface area contributed by atoms with Crippen molar-refractivity contribution in [3.63, 3.8) is 0 Å². The summed E-state index contributed by atoms with van der Waals surface area (Å²) in [6.07, 6.45) is -32.3. The van der Waals surface area contributed by atoms with E-state index in [2.05, 4.69) is 31.9 Å². The summed E-state index contributed by atoms with van der Waals surface area (Å²) in [5.74, 6) is -3.01. The summed E-state index contributed by atoms with van der Waals surface area (Å²) in [4.78, 5) is 76.5. The highest BCUT2D eigenvalue weighted by molar-refractivity contribution is 5.84. The Balaban J connectivity index is 1.21. The molecular formula is C46H81N7O27. The second-order valence-electron chi connectivity index (χ2n) is 19.3. The van der Waals surface area contributed by atoms with Gasteiger partial charge in [-0.2, -0.15) is 0 Å². The first-order valence-corrected chi connectivity index (χ1v) is 26.1. The molecule has 0 aliphatic carbocycles. The van der Waals surface area contributed by atoms with Crippen LogP contribution in [0.4, 0.5) is 0 Å². The van der Waals surface area contributed by atoms with Gasteiger partial charge in [-0.1, -0.05) is 0 Å². The van der Waals surface area contributed by atoms with Crippen LogP contribution in [0.1, 0.15) is 39.0 Å². The molecule has 0 aromatic rings. The molecule has 0 bridgehead atoms. The van der Waals surface area contributed by atoms with Gasteiger partial charge in [-0.3, -0.25) is 33.7 Å². The molecule has 4 fully saturated rings. The number of nitrogens with one attached hydrogen (secondary N) is 6. The molecule has 20 atom stereocenters. The topological polar surface area (TPSA) is 515 Å². The number of hydrogen-bond acceptors (Lipinski definition) is 28. The lowest BCUT2D eigenvalue weighted by molar-refractivity contribution is -0.366. The van der Waals surface area contributed by atoms with Gasteiger partial charge in [0.15, 0.2) is 25.2 Å². The molecule has 0 radical (unpaired) electrons. The molecule has 6 amide bonds. The quantitative estimate of drug-likeness (QED) is 0.0278. The van der Waals surface area contributed by atoms with E-state index in [0.717, 1.165) is 0 Å². The van der Waals surface area contributed by atoms with E-state index >= 15 is 0 Å². The Labute approximate surface area is 458 Å². The van der Waals surface area contributed by atoms with Crippen LogP contribution in [0.15, 0.2) is 0 Å². The zero-order valence-corrected chi connectivity index (χ0v) is 44.3. The van der Waals surface area contributed by atoms with Crippen molar-refractivity contribution in [1.82, 2.24) is 36.8 Å². The minimum Gasteiger partial charge on any atom is -0.394 e. The van der Waals surface area contributed by atoms with E-state index in [9.17, 15) is 95.2 Å². The van der Waals surface area contributed by atoms with Crippen LogP contribution in [-0.2, 0) is 66.7 Å². The molecule has 0 spiro atoms. The second-order valence-corrected chi connectivity index (χ2v) is 19.3. The smallest absolute Gasteiger partial charge is 0.234 e. The fraction of sp³-hybridized carbons (Fsp3) is 0.870. The van der Waals surface area contributed by atoms with Crippen LogP contribution >= 0.6 is 0 Å². The lowest BCUT2D eigenvalue weighted by Crippen LogP contribution is -2.65. The monoisotopic (exact) mass is 1160 g/mol. The first kappa shape index (κ1) is 68.4. The summed E-state index contributed by atoms with van der Waals surface area (Å²) in [5.41, 5.74) is 0. The molecule has 34 nitrogen and oxygen atoms in total. The Kier molecular flexibility index (Phi) is 29.5. The highest BCUT2D eigenvalue weighted by Crippen LogP contribution is 2.31. The van der Waals surface area contributed by atoms with Crippen LogP contribution in [-0.4, -0.2) is 322 Å². The van der Waals surface area contributed by atoms with Gasteiger partial charge in [-0.05, 0) is 19.8 Å². The van der Waals surface area contributed by atoms with Crippen molar-refractivity contribution in [1.29, 1.82) is 0 Å². The maximum Gasteiger partial charge on any atom is 0.234 e. The maximum atomic E-state index is 13.0. The highest BCUT2D eigenvalue weighted by Gasteiger charge is 2.52. The summed E-state index contributed by atoms with van der Waals surface area (Å²) in [7, 11) is 1.43. The fourth-order valence-corrected chi connectivity index (χ4v) is 8.47. The van der Waals surface area contributed by atoms with Crippen LogP contribution in [0.3, 0.4) is 0 Å². The van der Waals surface area contributed by atoms with E-state index in [1.54, 1.807) is 0 Å². The Morgan fingerprint density at radius 3 is 1.32 bits per heavy atom. The zero-order valence-electron chi connectivity index (χ0n) is 44.3. The summed E-state index contributed by atoms with van der Waals surface area (Å²) in [5, 5.41) is 149. The van der Waals surface area contributed by atoms with Gasteiger partial charge in [0.25, 0.3) is 0 Å². The van der Waals surface area contributed by atoms with Crippen molar-refractivity contribution in [2.24, 2.45) is 0 Å². The molecule has 0 aromatic carbocycles. The number of aliphatic hydroxyl groups excluding tert-OH is 13. The van der Waals surface area contributed by atoms with Crippen molar-refractivity contribution in [2.75, 3.05) is 92.4 Å². The first-order chi connectivity index (χ1) is 38.0. The van der Waals surface area contributed by atoms with Crippen molar-refractivity contribution in [3.05, 3.63) is 0 Å². The molecule has 4 aliphatic heterocycles. The molecule has 0 saturated carbocycles. The zero-order chi connectivity index (χ0) is 59.2. The van der Waals surface area contributed by atoms with Crippen LogP contribution in [0, 0.1) is 0 Å². The Morgan fingerprint density at radius 1 is 0.425 bits per heavy atom. The van der Waals surface area contributed by atoms with Crippen molar-refractivity contribution in [2.45, 2.75) is 162 Å². The molecule has 80 heavy (non-hydrogen) atoms. The Bertz CT molecular complexity index is 1920. The second kappa shape index (κ2) is 34.5. The molecule has 4 saturated heterocycles. The van der Waals surface area contributed by atoms with E-state index in [1.807, 2.05) is 0 Å². The van der Waals surface area contributed by atoms with Gasteiger partial charge in [0, 0.05) is 59.0 Å². The lowest BCUT2D eigenvalue weighted by atomic mass is 9.96. The van der Waals surface area contributed by atoms with Gasteiger partial charge >= 0.3 is 0 Å². The van der Waals surface area contributed by atoms with Gasteiger partial charge in [0.05, 0.1) is 58.8 Å². The standard InChI is InChI=1S/C46H81N7O27/c1-21-31(62)35(66)38(69)43(76-21)73-13-11-51-26(57)5-3-8-48-28(59)15-53(17-30(61)50-10-7-25(56)47-2)16-29(60)49-9-4-6-27(58)52-12-14-74-45-41(72)42(80-46-40(71)37(68)33(64)23(19-55)78-46)34(65)24(79-45)20-75-44-39(70)36(67)32(63)22(18-54)77-44/h21-24,31-46,54-55,62-72H,3-20H2,1-2H3,(H,47,56)(H,48,59)(H,49,60)(H,50,61)(H,51,57)(H,52,58)/t21-,22+,23+,24+,31+,32+,33+,34+,35+,36-,37-,38-,39-,40-,41-,42-,43+,44-,45-,46+/m0/s1. The first-order valence-electron chi connectivity index (χ1n) is 26.1. The third-order valence-electron chi connectivity index (χ3n) is 13.1.